The molecule has 4 nitrogen and oxygen atoms in total. The SMILES string of the molecule is CCCC=CN(C=O)S(=O)O. The molecule has 0 rings (SSSR count). The Bertz CT molecular complexity index is 169. The smallest absolute Gasteiger partial charge is 0.268 e. The van der Waals surface area contributed by atoms with Gasteiger partial charge in [-0.3, -0.25) is 9.35 Å². The molecule has 0 fully saturated rings. The Balaban J connectivity index is 3.86. The molecule has 0 aromatic heterocycles. The summed E-state index contributed by atoms with van der Waals surface area (Å²) in [7, 11) is 0. The van der Waals surface area contributed by atoms with Gasteiger partial charge in [0.1, 0.15) is 0 Å². The van der Waals surface area contributed by atoms with Crippen LogP contribution in [0.4, 0.5) is 0 Å². The number of allylic oxidation sites excluding steroid dienone is 1. The van der Waals surface area contributed by atoms with Gasteiger partial charge in [0.2, 0.25) is 6.41 Å². The Kier molecular flexibility index (Phi) is 5.68. The summed E-state index contributed by atoms with van der Waals surface area (Å²) >= 11 is -2.23. The molecular formula is C6H11NO3S. The third kappa shape index (κ3) is 4.69. The summed E-state index contributed by atoms with van der Waals surface area (Å²) in [6, 6.07) is 0. The molecule has 64 valence electrons. The highest BCUT2D eigenvalue weighted by molar-refractivity contribution is 7.77. The van der Waals surface area contributed by atoms with E-state index in [9.17, 15) is 9.00 Å². The van der Waals surface area contributed by atoms with E-state index in [1.165, 1.54) is 6.20 Å². The predicted octanol–water partition coefficient (Wildman–Crippen LogP) is 0.895. The number of amides is 1. The maximum atomic E-state index is 10.3. The number of nitrogens with zero attached hydrogens (tertiary/aromatic N) is 1. The van der Waals surface area contributed by atoms with Gasteiger partial charge in [0.25, 0.3) is 11.3 Å². The van der Waals surface area contributed by atoms with Crippen molar-refractivity contribution in [1.29, 1.82) is 0 Å². The second-order valence-corrected chi connectivity index (χ2v) is 2.75. The molecule has 0 bridgehead atoms. The van der Waals surface area contributed by atoms with Gasteiger partial charge in [0, 0.05) is 6.20 Å². The van der Waals surface area contributed by atoms with E-state index in [4.69, 9.17) is 4.55 Å². The summed E-state index contributed by atoms with van der Waals surface area (Å²) < 4.78 is 19.4. The zero-order valence-electron chi connectivity index (χ0n) is 6.27. The van der Waals surface area contributed by atoms with Gasteiger partial charge >= 0.3 is 0 Å². The minimum absolute atomic E-state index is 0.308. The molecule has 0 spiro atoms. The van der Waals surface area contributed by atoms with Crippen molar-refractivity contribution >= 4 is 17.7 Å². The number of carbonyl (C=O) groups is 1. The van der Waals surface area contributed by atoms with Crippen LogP contribution in [-0.2, 0) is 16.1 Å². The third-order valence-electron chi connectivity index (χ3n) is 0.992. The average molecular weight is 177 g/mol. The monoisotopic (exact) mass is 177 g/mol. The van der Waals surface area contributed by atoms with Crippen LogP contribution in [0.25, 0.3) is 0 Å². The lowest BCUT2D eigenvalue weighted by Gasteiger charge is -2.03. The maximum absolute atomic E-state index is 10.3. The van der Waals surface area contributed by atoms with Crippen LogP contribution in [-0.4, -0.2) is 19.5 Å². The molecular weight excluding hydrogens is 166 g/mol. The Morgan fingerprint density at radius 2 is 2.27 bits per heavy atom. The minimum atomic E-state index is -2.23. The second-order valence-electron chi connectivity index (χ2n) is 1.87. The maximum Gasteiger partial charge on any atom is 0.268 e. The molecule has 0 heterocycles. The minimum Gasteiger partial charge on any atom is -0.289 e. The van der Waals surface area contributed by atoms with E-state index < -0.39 is 11.3 Å². The molecule has 1 unspecified atom stereocenters. The fraction of sp³-hybridized carbons (Fsp3) is 0.500. The van der Waals surface area contributed by atoms with E-state index in [1.54, 1.807) is 6.08 Å². The topological polar surface area (TPSA) is 57.6 Å². The van der Waals surface area contributed by atoms with Crippen LogP contribution in [0.15, 0.2) is 12.3 Å². The largest absolute Gasteiger partial charge is 0.289 e. The van der Waals surface area contributed by atoms with E-state index in [0.717, 1.165) is 12.8 Å². The molecule has 0 aliphatic heterocycles. The highest BCUT2D eigenvalue weighted by atomic mass is 32.2. The fourth-order valence-electron chi connectivity index (χ4n) is 0.469. The van der Waals surface area contributed by atoms with E-state index in [-0.39, 0.29) is 0 Å². The van der Waals surface area contributed by atoms with Gasteiger partial charge in [0.15, 0.2) is 0 Å². The van der Waals surface area contributed by atoms with Crippen molar-refractivity contribution in [2.45, 2.75) is 19.8 Å². The molecule has 0 aromatic rings. The number of unbranched alkanes of at least 4 members (excludes halogenated alkanes) is 1. The summed E-state index contributed by atoms with van der Waals surface area (Å²) in [5, 5.41) is 0. The van der Waals surface area contributed by atoms with Gasteiger partial charge in [-0.2, -0.15) is 0 Å². The van der Waals surface area contributed by atoms with Gasteiger partial charge in [0.05, 0.1) is 0 Å². The molecule has 1 atom stereocenters. The molecule has 0 aromatic carbocycles. The summed E-state index contributed by atoms with van der Waals surface area (Å²) in [4.78, 5) is 10.1. The molecule has 0 saturated carbocycles. The molecule has 0 aliphatic rings. The second kappa shape index (κ2) is 6.06. The van der Waals surface area contributed by atoms with Crippen molar-refractivity contribution < 1.29 is 13.6 Å². The fourth-order valence-corrected chi connectivity index (χ4v) is 0.733. The summed E-state index contributed by atoms with van der Waals surface area (Å²) in [6.45, 7) is 1.98. The Hall–Kier alpha value is -0.680. The summed E-state index contributed by atoms with van der Waals surface area (Å²) in [5.41, 5.74) is 0. The van der Waals surface area contributed by atoms with Crippen molar-refractivity contribution in [1.82, 2.24) is 4.31 Å². The molecule has 0 aliphatic carbocycles. The van der Waals surface area contributed by atoms with E-state index in [2.05, 4.69) is 0 Å². The van der Waals surface area contributed by atoms with Crippen molar-refractivity contribution in [3.05, 3.63) is 12.3 Å². The number of hydrogen-bond acceptors (Lipinski definition) is 2. The lowest BCUT2D eigenvalue weighted by atomic mass is 10.3. The first kappa shape index (κ1) is 10.3. The molecule has 0 radical (unpaired) electrons. The zero-order chi connectivity index (χ0) is 8.69. The number of hydrogen-bond donors (Lipinski definition) is 1. The first-order valence-electron chi connectivity index (χ1n) is 3.23. The first-order chi connectivity index (χ1) is 5.22. The van der Waals surface area contributed by atoms with Crippen molar-refractivity contribution in [3.63, 3.8) is 0 Å². The zero-order valence-corrected chi connectivity index (χ0v) is 7.08. The predicted molar refractivity (Wildman–Crippen MR) is 42.7 cm³/mol. The molecule has 0 saturated heterocycles. The van der Waals surface area contributed by atoms with Crippen LogP contribution >= 0.6 is 0 Å². The van der Waals surface area contributed by atoms with E-state index in [1.807, 2.05) is 6.92 Å². The first-order valence-corrected chi connectivity index (χ1v) is 4.30. The highest BCUT2D eigenvalue weighted by Gasteiger charge is 2.00. The average Bonchev–Trinajstić information content (AvgIpc) is 1.97. The van der Waals surface area contributed by atoms with Crippen LogP contribution in [0.1, 0.15) is 19.8 Å². The van der Waals surface area contributed by atoms with Crippen molar-refractivity contribution in [2.24, 2.45) is 0 Å². The van der Waals surface area contributed by atoms with E-state index in [0.29, 0.717) is 10.7 Å². The van der Waals surface area contributed by atoms with E-state index >= 15 is 0 Å². The Morgan fingerprint density at radius 1 is 1.64 bits per heavy atom. The van der Waals surface area contributed by atoms with Gasteiger partial charge < -0.3 is 0 Å². The summed E-state index contributed by atoms with van der Waals surface area (Å²) in [5.74, 6) is 0. The number of rotatable bonds is 5. The van der Waals surface area contributed by atoms with Gasteiger partial charge in [-0.1, -0.05) is 19.4 Å². The molecule has 11 heavy (non-hydrogen) atoms. The van der Waals surface area contributed by atoms with Crippen LogP contribution < -0.4 is 0 Å². The molecule has 1 N–H and O–H groups in total. The van der Waals surface area contributed by atoms with Crippen molar-refractivity contribution in [3.8, 4) is 0 Å². The van der Waals surface area contributed by atoms with Gasteiger partial charge in [-0.25, -0.2) is 8.51 Å². The molecule has 5 heteroatoms. The Labute approximate surface area is 68.3 Å². The third-order valence-corrected chi connectivity index (χ3v) is 1.56. The van der Waals surface area contributed by atoms with Gasteiger partial charge in [-0.05, 0) is 6.42 Å². The van der Waals surface area contributed by atoms with Crippen LogP contribution in [0.5, 0.6) is 0 Å². The molecule has 1 amide bonds. The normalized spacial score (nSPS) is 13.3. The van der Waals surface area contributed by atoms with Crippen LogP contribution in [0.3, 0.4) is 0 Å². The van der Waals surface area contributed by atoms with Crippen LogP contribution in [0, 0.1) is 0 Å². The standard InChI is InChI=1S/C6H11NO3S/c1-2-3-4-5-7(6-8)11(9)10/h4-6H,2-3H2,1H3,(H,9,10). The van der Waals surface area contributed by atoms with Gasteiger partial charge in [-0.15, -0.1) is 0 Å². The quantitative estimate of drug-likeness (QED) is 0.501. The number of carbonyl (C=O) groups excluding carboxylic acids is 1. The highest BCUT2D eigenvalue weighted by Crippen LogP contribution is 1.93. The lowest BCUT2D eigenvalue weighted by molar-refractivity contribution is -0.112. The summed E-state index contributed by atoms with van der Waals surface area (Å²) in [6.07, 6.45) is 5.01. The van der Waals surface area contributed by atoms with Crippen LogP contribution in [0.2, 0.25) is 0 Å². The lowest BCUT2D eigenvalue weighted by Crippen LogP contribution is -2.16. The van der Waals surface area contributed by atoms with Crippen molar-refractivity contribution in [2.75, 3.05) is 0 Å². The Morgan fingerprint density at radius 3 is 2.64 bits per heavy atom.